The van der Waals surface area contributed by atoms with Crippen molar-refractivity contribution in [3.63, 3.8) is 0 Å². The van der Waals surface area contributed by atoms with Crippen molar-refractivity contribution in [2.45, 2.75) is 6.61 Å². The molecular formula is C15H16BrNO. The normalized spacial score (nSPS) is 10.3. The van der Waals surface area contributed by atoms with Crippen LogP contribution in [0.3, 0.4) is 0 Å². The van der Waals surface area contributed by atoms with Gasteiger partial charge in [0.2, 0.25) is 0 Å². The van der Waals surface area contributed by atoms with Gasteiger partial charge in [-0.3, -0.25) is 0 Å². The minimum absolute atomic E-state index is 0.637. The molecule has 0 saturated heterocycles. The largest absolute Gasteiger partial charge is 0.383 e. The highest BCUT2D eigenvalue weighted by atomic mass is 79.9. The van der Waals surface area contributed by atoms with Gasteiger partial charge in [-0.05, 0) is 23.8 Å². The molecule has 2 nitrogen and oxygen atoms in total. The second-order valence-electron chi connectivity index (χ2n) is 3.94. The number of anilines is 1. The van der Waals surface area contributed by atoms with Crippen LogP contribution < -0.4 is 5.32 Å². The van der Waals surface area contributed by atoms with Crippen LogP contribution in [0.5, 0.6) is 0 Å². The first kappa shape index (κ1) is 13.1. The Bertz CT molecular complexity index is 473. The van der Waals surface area contributed by atoms with Gasteiger partial charge in [-0.15, -0.1) is 0 Å². The van der Waals surface area contributed by atoms with Crippen LogP contribution in [-0.2, 0) is 11.3 Å². The number of ether oxygens (including phenoxy) is 1. The van der Waals surface area contributed by atoms with Gasteiger partial charge in [0, 0.05) is 16.7 Å². The Hall–Kier alpha value is -1.32. The smallest absolute Gasteiger partial charge is 0.0728 e. The van der Waals surface area contributed by atoms with E-state index in [9.17, 15) is 0 Å². The monoisotopic (exact) mass is 305 g/mol. The van der Waals surface area contributed by atoms with E-state index in [0.29, 0.717) is 13.2 Å². The Morgan fingerprint density at radius 1 is 0.944 bits per heavy atom. The van der Waals surface area contributed by atoms with Crippen molar-refractivity contribution in [2.75, 3.05) is 18.5 Å². The highest BCUT2D eigenvalue weighted by molar-refractivity contribution is 9.10. The van der Waals surface area contributed by atoms with E-state index >= 15 is 0 Å². The van der Waals surface area contributed by atoms with E-state index in [0.717, 1.165) is 16.7 Å². The van der Waals surface area contributed by atoms with Crippen LogP contribution in [0.25, 0.3) is 0 Å². The molecule has 0 saturated carbocycles. The Kier molecular flexibility index (Phi) is 5.24. The molecule has 0 aliphatic rings. The van der Waals surface area contributed by atoms with Gasteiger partial charge in [-0.2, -0.15) is 0 Å². The maximum Gasteiger partial charge on any atom is 0.0728 e. The van der Waals surface area contributed by atoms with E-state index in [1.165, 1.54) is 5.56 Å². The third-order valence-electron chi connectivity index (χ3n) is 2.56. The molecule has 94 valence electrons. The second kappa shape index (κ2) is 7.19. The van der Waals surface area contributed by atoms with Crippen LogP contribution in [0.1, 0.15) is 5.56 Å². The first-order valence-electron chi connectivity index (χ1n) is 5.96. The van der Waals surface area contributed by atoms with E-state index in [1.54, 1.807) is 0 Å². The number of benzene rings is 2. The zero-order valence-corrected chi connectivity index (χ0v) is 11.7. The van der Waals surface area contributed by atoms with E-state index in [2.05, 4.69) is 27.3 Å². The quantitative estimate of drug-likeness (QED) is 0.812. The van der Waals surface area contributed by atoms with Gasteiger partial charge in [0.1, 0.15) is 0 Å². The molecule has 1 N–H and O–H groups in total. The van der Waals surface area contributed by atoms with Crippen LogP contribution >= 0.6 is 15.9 Å². The fraction of sp³-hybridized carbons (Fsp3) is 0.200. The molecule has 0 bridgehead atoms. The number of rotatable bonds is 6. The van der Waals surface area contributed by atoms with E-state index in [-0.39, 0.29) is 0 Å². The maximum atomic E-state index is 5.63. The Balaban J connectivity index is 1.66. The van der Waals surface area contributed by atoms with E-state index in [4.69, 9.17) is 4.74 Å². The van der Waals surface area contributed by atoms with Gasteiger partial charge in [0.15, 0.2) is 0 Å². The van der Waals surface area contributed by atoms with Crippen molar-refractivity contribution in [3.05, 3.63) is 64.6 Å². The summed E-state index contributed by atoms with van der Waals surface area (Å²) in [6, 6.07) is 18.3. The minimum Gasteiger partial charge on any atom is -0.383 e. The third kappa shape index (κ3) is 4.17. The van der Waals surface area contributed by atoms with Crippen molar-refractivity contribution in [2.24, 2.45) is 0 Å². The zero-order chi connectivity index (χ0) is 12.6. The highest BCUT2D eigenvalue weighted by Crippen LogP contribution is 2.16. The van der Waals surface area contributed by atoms with Crippen molar-refractivity contribution in [1.29, 1.82) is 0 Å². The predicted octanol–water partition coefficient (Wildman–Crippen LogP) is 4.08. The average Bonchev–Trinajstić information content (AvgIpc) is 2.42. The standard InChI is InChI=1S/C15H16BrNO/c16-15-9-5-4-6-13(15)12-18-11-10-17-14-7-2-1-3-8-14/h1-9,17H,10-12H2. The number of para-hydroxylation sites is 1. The lowest BCUT2D eigenvalue weighted by molar-refractivity contribution is 0.130. The van der Waals surface area contributed by atoms with Gasteiger partial charge in [0.05, 0.1) is 13.2 Å². The summed E-state index contributed by atoms with van der Waals surface area (Å²) in [5, 5.41) is 3.31. The Morgan fingerprint density at radius 2 is 1.67 bits per heavy atom. The Labute approximate surface area is 116 Å². The molecular weight excluding hydrogens is 290 g/mol. The van der Waals surface area contributed by atoms with Crippen molar-refractivity contribution < 1.29 is 4.74 Å². The molecule has 0 heterocycles. The first-order valence-corrected chi connectivity index (χ1v) is 6.75. The molecule has 0 unspecified atom stereocenters. The summed E-state index contributed by atoms with van der Waals surface area (Å²) in [6.45, 7) is 2.14. The molecule has 0 atom stereocenters. The van der Waals surface area contributed by atoms with Gasteiger partial charge in [-0.1, -0.05) is 52.3 Å². The lowest BCUT2D eigenvalue weighted by Crippen LogP contribution is -2.09. The molecule has 18 heavy (non-hydrogen) atoms. The van der Waals surface area contributed by atoms with Crippen LogP contribution in [0.15, 0.2) is 59.1 Å². The molecule has 0 spiro atoms. The van der Waals surface area contributed by atoms with Crippen LogP contribution in [0, 0.1) is 0 Å². The summed E-state index contributed by atoms with van der Waals surface area (Å²) in [5.41, 5.74) is 2.30. The topological polar surface area (TPSA) is 21.3 Å². The van der Waals surface area contributed by atoms with Gasteiger partial charge < -0.3 is 10.1 Å². The molecule has 0 aromatic heterocycles. The summed E-state index contributed by atoms with van der Waals surface area (Å²) >= 11 is 3.51. The SMILES string of the molecule is Brc1ccccc1COCCNc1ccccc1. The molecule has 0 fully saturated rings. The number of nitrogens with one attached hydrogen (secondary N) is 1. The lowest BCUT2D eigenvalue weighted by atomic mass is 10.2. The van der Waals surface area contributed by atoms with Crippen LogP contribution in [0.2, 0.25) is 0 Å². The summed E-state index contributed by atoms with van der Waals surface area (Å²) in [7, 11) is 0. The molecule has 2 aromatic carbocycles. The van der Waals surface area contributed by atoms with Gasteiger partial charge in [0.25, 0.3) is 0 Å². The third-order valence-corrected chi connectivity index (χ3v) is 3.34. The highest BCUT2D eigenvalue weighted by Gasteiger charge is 1.97. The van der Waals surface area contributed by atoms with Crippen LogP contribution in [-0.4, -0.2) is 13.2 Å². The second-order valence-corrected chi connectivity index (χ2v) is 4.79. The number of halogens is 1. The molecule has 0 aliphatic heterocycles. The Morgan fingerprint density at radius 3 is 2.44 bits per heavy atom. The van der Waals surface area contributed by atoms with Crippen LogP contribution in [0.4, 0.5) is 5.69 Å². The summed E-state index contributed by atoms with van der Waals surface area (Å²) < 4.78 is 6.73. The van der Waals surface area contributed by atoms with E-state index < -0.39 is 0 Å². The molecule has 3 heteroatoms. The zero-order valence-electron chi connectivity index (χ0n) is 10.1. The number of hydrogen-bond donors (Lipinski definition) is 1. The van der Waals surface area contributed by atoms with Gasteiger partial charge in [-0.25, -0.2) is 0 Å². The molecule has 2 aromatic rings. The van der Waals surface area contributed by atoms with Crippen molar-refractivity contribution in [3.8, 4) is 0 Å². The lowest BCUT2D eigenvalue weighted by Gasteiger charge is -2.08. The minimum atomic E-state index is 0.637. The summed E-state index contributed by atoms with van der Waals surface area (Å²) in [6.07, 6.45) is 0. The molecule has 2 rings (SSSR count). The number of hydrogen-bond acceptors (Lipinski definition) is 2. The average molecular weight is 306 g/mol. The molecule has 0 radical (unpaired) electrons. The first-order chi connectivity index (χ1) is 8.86. The predicted molar refractivity (Wildman–Crippen MR) is 78.7 cm³/mol. The van der Waals surface area contributed by atoms with Crippen molar-refractivity contribution >= 4 is 21.6 Å². The molecule has 0 amide bonds. The fourth-order valence-electron chi connectivity index (χ4n) is 1.62. The summed E-state index contributed by atoms with van der Waals surface area (Å²) in [4.78, 5) is 0. The maximum absolute atomic E-state index is 5.63. The van der Waals surface area contributed by atoms with E-state index in [1.807, 2.05) is 48.5 Å². The fourth-order valence-corrected chi connectivity index (χ4v) is 2.02. The molecule has 0 aliphatic carbocycles. The summed E-state index contributed by atoms with van der Waals surface area (Å²) in [5.74, 6) is 0. The van der Waals surface area contributed by atoms with Gasteiger partial charge >= 0.3 is 0 Å². The van der Waals surface area contributed by atoms with Crippen molar-refractivity contribution in [1.82, 2.24) is 0 Å².